The lowest BCUT2D eigenvalue weighted by molar-refractivity contribution is -0.106. The van der Waals surface area contributed by atoms with Gasteiger partial charge in [0.15, 0.2) is 0 Å². The highest BCUT2D eigenvalue weighted by molar-refractivity contribution is 5.66. The second kappa shape index (κ2) is 3.34. The number of nitrogens with two attached hydrogens (primary N) is 1. The molecule has 1 aromatic rings. The van der Waals surface area contributed by atoms with Crippen LogP contribution in [0.4, 0.5) is 11.5 Å². The van der Waals surface area contributed by atoms with E-state index < -0.39 is 0 Å². The van der Waals surface area contributed by atoms with Crippen molar-refractivity contribution >= 4 is 17.8 Å². The van der Waals surface area contributed by atoms with Crippen molar-refractivity contribution < 1.29 is 4.79 Å². The lowest BCUT2D eigenvalue weighted by atomic mass is 10.5. The summed E-state index contributed by atoms with van der Waals surface area (Å²) >= 11 is 0. The van der Waals surface area contributed by atoms with Crippen molar-refractivity contribution in [1.29, 1.82) is 0 Å². The SMILES string of the molecule is Cn1c(N)c(NCC=O)c(=O)n1C. The Balaban J connectivity index is 3.13. The van der Waals surface area contributed by atoms with Crippen LogP contribution in [0.5, 0.6) is 0 Å². The molecule has 0 bridgehead atoms. The molecular weight excluding hydrogens is 172 g/mol. The van der Waals surface area contributed by atoms with Crippen LogP contribution in [0.15, 0.2) is 4.79 Å². The molecule has 0 aromatic carbocycles. The highest BCUT2D eigenvalue weighted by Gasteiger charge is 2.11. The van der Waals surface area contributed by atoms with Crippen molar-refractivity contribution in [2.75, 3.05) is 17.6 Å². The maximum atomic E-state index is 11.4. The number of hydrogen-bond donors (Lipinski definition) is 2. The summed E-state index contributed by atoms with van der Waals surface area (Å²) in [5, 5.41) is 2.65. The van der Waals surface area contributed by atoms with Gasteiger partial charge in [0.1, 0.15) is 17.8 Å². The minimum atomic E-state index is -0.234. The van der Waals surface area contributed by atoms with Crippen molar-refractivity contribution in [3.63, 3.8) is 0 Å². The van der Waals surface area contributed by atoms with Gasteiger partial charge in [-0.2, -0.15) is 0 Å². The zero-order chi connectivity index (χ0) is 10.0. The molecule has 0 amide bonds. The first-order valence-electron chi connectivity index (χ1n) is 3.78. The topological polar surface area (TPSA) is 82.1 Å². The van der Waals surface area contributed by atoms with Crippen LogP contribution in [-0.2, 0) is 18.9 Å². The Labute approximate surface area is 74.9 Å². The van der Waals surface area contributed by atoms with E-state index in [1.54, 1.807) is 14.1 Å². The van der Waals surface area contributed by atoms with Crippen LogP contribution in [0.1, 0.15) is 0 Å². The maximum Gasteiger partial charge on any atom is 0.292 e. The van der Waals surface area contributed by atoms with Crippen molar-refractivity contribution in [2.45, 2.75) is 0 Å². The highest BCUT2D eigenvalue weighted by atomic mass is 16.1. The van der Waals surface area contributed by atoms with Gasteiger partial charge < -0.3 is 15.8 Å². The number of nitrogens with zero attached hydrogens (tertiary/aromatic N) is 2. The number of rotatable bonds is 3. The Morgan fingerprint density at radius 1 is 1.46 bits per heavy atom. The fourth-order valence-corrected chi connectivity index (χ4v) is 1.04. The molecule has 13 heavy (non-hydrogen) atoms. The summed E-state index contributed by atoms with van der Waals surface area (Å²) in [5.74, 6) is 0.328. The Morgan fingerprint density at radius 3 is 2.46 bits per heavy atom. The molecule has 3 N–H and O–H groups in total. The number of nitrogen functional groups attached to an aromatic ring is 1. The number of hydrogen-bond acceptors (Lipinski definition) is 4. The summed E-state index contributed by atoms with van der Waals surface area (Å²) in [6.07, 6.45) is 0.673. The van der Waals surface area contributed by atoms with Gasteiger partial charge in [-0.25, -0.2) is 0 Å². The molecule has 0 aliphatic rings. The van der Waals surface area contributed by atoms with Gasteiger partial charge in [-0.05, 0) is 0 Å². The monoisotopic (exact) mass is 184 g/mol. The third kappa shape index (κ3) is 1.42. The molecule has 0 atom stereocenters. The van der Waals surface area contributed by atoms with Crippen LogP contribution in [0.25, 0.3) is 0 Å². The number of carbonyl (C=O) groups is 1. The molecule has 0 aliphatic heterocycles. The molecule has 0 spiro atoms. The first-order valence-corrected chi connectivity index (χ1v) is 3.78. The Bertz CT molecular complexity index is 377. The van der Waals surface area contributed by atoms with Crippen LogP contribution in [-0.4, -0.2) is 22.2 Å². The van der Waals surface area contributed by atoms with Gasteiger partial charge in [0, 0.05) is 14.1 Å². The van der Waals surface area contributed by atoms with Gasteiger partial charge in [-0.1, -0.05) is 0 Å². The first kappa shape index (κ1) is 9.37. The zero-order valence-electron chi connectivity index (χ0n) is 7.57. The molecule has 6 heteroatoms. The van der Waals surface area contributed by atoms with E-state index in [0.29, 0.717) is 12.1 Å². The van der Waals surface area contributed by atoms with Gasteiger partial charge in [-0.15, -0.1) is 0 Å². The fourth-order valence-electron chi connectivity index (χ4n) is 1.04. The van der Waals surface area contributed by atoms with Gasteiger partial charge in [0.2, 0.25) is 0 Å². The van der Waals surface area contributed by atoms with E-state index in [0.717, 1.165) is 0 Å². The quantitative estimate of drug-likeness (QED) is 0.585. The average molecular weight is 184 g/mol. The molecule has 6 nitrogen and oxygen atoms in total. The third-order valence-corrected chi connectivity index (χ3v) is 1.92. The maximum absolute atomic E-state index is 11.4. The number of aromatic nitrogens is 2. The van der Waals surface area contributed by atoms with E-state index in [1.807, 2.05) is 0 Å². The van der Waals surface area contributed by atoms with Gasteiger partial charge >= 0.3 is 0 Å². The molecule has 0 saturated carbocycles. The van der Waals surface area contributed by atoms with Crippen LogP contribution in [0.3, 0.4) is 0 Å². The molecule has 72 valence electrons. The van der Waals surface area contributed by atoms with E-state index in [-0.39, 0.29) is 17.8 Å². The van der Waals surface area contributed by atoms with Crippen molar-refractivity contribution in [2.24, 2.45) is 14.1 Å². The fraction of sp³-hybridized carbons (Fsp3) is 0.429. The number of carbonyl (C=O) groups excluding carboxylic acids is 1. The van der Waals surface area contributed by atoms with E-state index >= 15 is 0 Å². The smallest absolute Gasteiger partial charge is 0.292 e. The minimum absolute atomic E-state index is 0.0868. The summed E-state index contributed by atoms with van der Waals surface area (Å²) in [5.41, 5.74) is 5.65. The van der Waals surface area contributed by atoms with Crippen LogP contribution >= 0.6 is 0 Å². The molecule has 0 unspecified atom stereocenters. The van der Waals surface area contributed by atoms with E-state index in [2.05, 4.69) is 5.32 Å². The van der Waals surface area contributed by atoms with Gasteiger partial charge in [0.05, 0.1) is 6.54 Å². The summed E-state index contributed by atoms with van der Waals surface area (Å²) in [7, 11) is 3.27. The van der Waals surface area contributed by atoms with Gasteiger partial charge in [-0.3, -0.25) is 14.2 Å². The molecule has 1 heterocycles. The summed E-state index contributed by atoms with van der Waals surface area (Å²) in [6.45, 7) is 0.0868. The van der Waals surface area contributed by atoms with Crippen LogP contribution in [0, 0.1) is 0 Å². The van der Waals surface area contributed by atoms with Crippen molar-refractivity contribution in [3.05, 3.63) is 10.4 Å². The molecule has 0 aliphatic carbocycles. The molecule has 1 aromatic heterocycles. The first-order chi connectivity index (χ1) is 6.09. The second-order valence-electron chi connectivity index (χ2n) is 2.66. The van der Waals surface area contributed by atoms with E-state index in [4.69, 9.17) is 5.73 Å². The van der Waals surface area contributed by atoms with E-state index in [9.17, 15) is 9.59 Å². The van der Waals surface area contributed by atoms with Crippen molar-refractivity contribution in [1.82, 2.24) is 9.36 Å². The summed E-state index contributed by atoms with van der Waals surface area (Å²) in [4.78, 5) is 21.5. The molecule has 0 saturated heterocycles. The summed E-state index contributed by atoms with van der Waals surface area (Å²) in [6, 6.07) is 0. The molecule has 0 radical (unpaired) electrons. The normalized spacial score (nSPS) is 10.0. The summed E-state index contributed by atoms with van der Waals surface area (Å²) < 4.78 is 2.87. The number of aldehydes is 1. The molecule has 1 rings (SSSR count). The number of nitrogens with one attached hydrogen (secondary N) is 1. The van der Waals surface area contributed by atoms with E-state index in [1.165, 1.54) is 9.36 Å². The minimum Gasteiger partial charge on any atom is -0.382 e. The molecule has 0 fully saturated rings. The number of anilines is 2. The molecular formula is C7H12N4O2. The Kier molecular flexibility index (Phi) is 2.41. The Hall–Kier alpha value is -1.72. The Morgan fingerprint density at radius 2 is 2.08 bits per heavy atom. The van der Waals surface area contributed by atoms with Gasteiger partial charge in [0.25, 0.3) is 5.56 Å². The largest absolute Gasteiger partial charge is 0.382 e. The zero-order valence-corrected chi connectivity index (χ0v) is 7.57. The second-order valence-corrected chi connectivity index (χ2v) is 2.66. The lowest BCUT2D eigenvalue weighted by Gasteiger charge is -2.00. The average Bonchev–Trinajstić information content (AvgIpc) is 2.30. The highest BCUT2D eigenvalue weighted by Crippen LogP contribution is 2.10. The standard InChI is InChI=1S/C7H12N4O2/c1-10-6(8)5(9-3-4-12)7(13)11(10)2/h4,9H,3,8H2,1-2H3. The predicted octanol–water partition coefficient (Wildman–Crippen LogP) is -1.08. The van der Waals surface area contributed by atoms with Crippen molar-refractivity contribution in [3.8, 4) is 0 Å². The lowest BCUT2D eigenvalue weighted by Crippen LogP contribution is -2.19. The van der Waals surface area contributed by atoms with Crippen LogP contribution < -0.4 is 16.6 Å². The third-order valence-electron chi connectivity index (χ3n) is 1.92. The van der Waals surface area contributed by atoms with Crippen LogP contribution in [0.2, 0.25) is 0 Å². The predicted molar refractivity (Wildman–Crippen MR) is 49.6 cm³/mol.